The lowest BCUT2D eigenvalue weighted by Gasteiger charge is -2.24. The Kier molecular flexibility index (Phi) is 3.73. The summed E-state index contributed by atoms with van der Waals surface area (Å²) in [4.78, 5) is 5.95. The predicted octanol–water partition coefficient (Wildman–Crippen LogP) is 5.16. The molecule has 0 spiro atoms. The van der Waals surface area contributed by atoms with Gasteiger partial charge in [0.1, 0.15) is 5.82 Å². The number of aromatic nitrogens is 1. The molecule has 2 aromatic heterocycles. The molecule has 2 nitrogen and oxygen atoms in total. The molecule has 1 aliphatic rings. The van der Waals surface area contributed by atoms with Gasteiger partial charge in [-0.2, -0.15) is 0 Å². The second kappa shape index (κ2) is 5.31. The van der Waals surface area contributed by atoms with Gasteiger partial charge < -0.3 is 5.32 Å². The smallest absolute Gasteiger partial charge is 0.140 e. The minimum Gasteiger partial charge on any atom is -0.362 e. The fourth-order valence-corrected chi connectivity index (χ4v) is 4.41. The van der Waals surface area contributed by atoms with Gasteiger partial charge in [0.25, 0.3) is 0 Å². The fourth-order valence-electron chi connectivity index (χ4n) is 2.32. The molecule has 2 aromatic rings. The number of hydrogen-bond acceptors (Lipinski definition) is 3. The molecule has 0 amide bonds. The number of hydrogen-bond donors (Lipinski definition) is 1. The summed E-state index contributed by atoms with van der Waals surface area (Å²) in [6.45, 7) is 0. The summed E-state index contributed by atoms with van der Waals surface area (Å²) in [5, 5.41) is 5.74. The van der Waals surface area contributed by atoms with E-state index < -0.39 is 0 Å². The lowest BCUT2D eigenvalue weighted by atomic mass is 9.94. The average Bonchev–Trinajstić information content (AvgIpc) is 2.82. The molecule has 5 heteroatoms. The van der Waals surface area contributed by atoms with Crippen molar-refractivity contribution in [1.29, 1.82) is 0 Å². The maximum Gasteiger partial charge on any atom is 0.140 e. The van der Waals surface area contributed by atoms with Gasteiger partial charge in [-0.25, -0.2) is 4.98 Å². The first-order valence-electron chi connectivity index (χ1n) is 5.88. The van der Waals surface area contributed by atoms with Crippen LogP contribution in [0, 0.1) is 0 Å². The van der Waals surface area contributed by atoms with E-state index in [0.29, 0.717) is 6.04 Å². The van der Waals surface area contributed by atoms with Gasteiger partial charge in [0.2, 0.25) is 0 Å². The van der Waals surface area contributed by atoms with Gasteiger partial charge in [0, 0.05) is 15.5 Å². The number of fused-ring (bicyclic) bond motifs is 1. The van der Waals surface area contributed by atoms with Crippen molar-refractivity contribution in [2.75, 3.05) is 5.32 Å². The SMILES string of the molecule is Brc1cnc(NC2CCCc3sccc32)c(Br)c1. The van der Waals surface area contributed by atoms with Gasteiger partial charge in [-0.3, -0.25) is 0 Å². The van der Waals surface area contributed by atoms with Crippen molar-refractivity contribution in [3.63, 3.8) is 0 Å². The summed E-state index contributed by atoms with van der Waals surface area (Å²) in [6.07, 6.45) is 5.47. The molecule has 1 atom stereocenters. The lowest BCUT2D eigenvalue weighted by molar-refractivity contribution is 0.606. The predicted molar refractivity (Wildman–Crippen MR) is 83.3 cm³/mol. The number of aryl methyl sites for hydroxylation is 1. The van der Waals surface area contributed by atoms with E-state index in [-0.39, 0.29) is 0 Å². The van der Waals surface area contributed by atoms with Crippen LogP contribution in [-0.4, -0.2) is 4.98 Å². The van der Waals surface area contributed by atoms with Crippen LogP contribution in [0.25, 0.3) is 0 Å². The van der Waals surface area contributed by atoms with Crippen LogP contribution in [0.15, 0.2) is 32.7 Å². The molecule has 0 aromatic carbocycles. The molecule has 0 saturated carbocycles. The Morgan fingerprint density at radius 1 is 1.39 bits per heavy atom. The third-order valence-corrected chi connectivity index (χ3v) is 5.21. The van der Waals surface area contributed by atoms with E-state index in [9.17, 15) is 0 Å². The van der Waals surface area contributed by atoms with Crippen molar-refractivity contribution < 1.29 is 0 Å². The number of thiophene rings is 1. The fraction of sp³-hybridized carbons (Fsp3) is 0.308. The second-order valence-electron chi connectivity index (χ2n) is 4.37. The highest BCUT2D eigenvalue weighted by Gasteiger charge is 2.21. The molecule has 0 fully saturated rings. The Balaban J connectivity index is 1.86. The van der Waals surface area contributed by atoms with Gasteiger partial charge >= 0.3 is 0 Å². The van der Waals surface area contributed by atoms with Gasteiger partial charge in [-0.1, -0.05) is 0 Å². The second-order valence-corrected chi connectivity index (χ2v) is 7.14. The topological polar surface area (TPSA) is 24.9 Å². The van der Waals surface area contributed by atoms with Crippen LogP contribution >= 0.6 is 43.2 Å². The standard InChI is InChI=1S/C13H12Br2N2S/c14-8-6-10(15)13(16-7-8)17-11-2-1-3-12-9(11)4-5-18-12/h4-7,11H,1-3H2,(H,16,17). The largest absolute Gasteiger partial charge is 0.362 e. The normalized spacial score (nSPS) is 18.4. The van der Waals surface area contributed by atoms with E-state index in [0.717, 1.165) is 14.8 Å². The van der Waals surface area contributed by atoms with Crippen molar-refractivity contribution >= 4 is 49.0 Å². The number of nitrogens with zero attached hydrogens (tertiary/aromatic N) is 1. The summed E-state index contributed by atoms with van der Waals surface area (Å²) < 4.78 is 1.99. The first-order chi connectivity index (χ1) is 8.74. The molecule has 0 radical (unpaired) electrons. The third kappa shape index (κ3) is 2.49. The molecular formula is C13H12Br2N2S. The van der Waals surface area contributed by atoms with Crippen LogP contribution in [-0.2, 0) is 6.42 Å². The zero-order valence-corrected chi connectivity index (χ0v) is 13.6. The van der Waals surface area contributed by atoms with Crippen LogP contribution in [0.3, 0.4) is 0 Å². The monoisotopic (exact) mass is 386 g/mol. The molecule has 94 valence electrons. The summed E-state index contributed by atoms with van der Waals surface area (Å²) in [6, 6.07) is 4.65. The Labute approximate surface area is 127 Å². The van der Waals surface area contributed by atoms with Crippen molar-refractivity contribution in [2.45, 2.75) is 25.3 Å². The van der Waals surface area contributed by atoms with E-state index >= 15 is 0 Å². The van der Waals surface area contributed by atoms with Gasteiger partial charge in [-0.05, 0) is 74.2 Å². The van der Waals surface area contributed by atoms with Crippen molar-refractivity contribution in [3.05, 3.63) is 43.1 Å². The number of halogens is 2. The van der Waals surface area contributed by atoms with E-state index in [1.54, 1.807) is 0 Å². The molecule has 0 saturated heterocycles. The molecule has 1 N–H and O–H groups in total. The van der Waals surface area contributed by atoms with E-state index in [1.165, 1.54) is 29.7 Å². The van der Waals surface area contributed by atoms with Crippen LogP contribution in [0.2, 0.25) is 0 Å². The number of anilines is 1. The van der Waals surface area contributed by atoms with Gasteiger partial charge in [-0.15, -0.1) is 11.3 Å². The number of rotatable bonds is 2. The van der Waals surface area contributed by atoms with Crippen LogP contribution in [0.1, 0.15) is 29.3 Å². The van der Waals surface area contributed by atoms with E-state index in [1.807, 2.05) is 23.6 Å². The lowest BCUT2D eigenvalue weighted by Crippen LogP contribution is -2.16. The van der Waals surface area contributed by atoms with Crippen LogP contribution < -0.4 is 5.32 Å². The molecule has 18 heavy (non-hydrogen) atoms. The van der Waals surface area contributed by atoms with Gasteiger partial charge in [0.05, 0.1) is 10.5 Å². The molecule has 2 heterocycles. The van der Waals surface area contributed by atoms with Gasteiger partial charge in [0.15, 0.2) is 0 Å². The zero-order valence-electron chi connectivity index (χ0n) is 9.62. The first kappa shape index (κ1) is 12.6. The highest BCUT2D eigenvalue weighted by Crippen LogP contribution is 2.36. The molecular weight excluding hydrogens is 376 g/mol. The summed E-state index contributed by atoms with van der Waals surface area (Å²) in [5.74, 6) is 0.919. The molecule has 1 unspecified atom stereocenters. The molecule has 1 aliphatic carbocycles. The minimum atomic E-state index is 0.393. The molecule has 0 bridgehead atoms. The Morgan fingerprint density at radius 3 is 3.11 bits per heavy atom. The average molecular weight is 388 g/mol. The third-order valence-electron chi connectivity index (χ3n) is 3.17. The van der Waals surface area contributed by atoms with E-state index in [2.05, 4.69) is 53.6 Å². The highest BCUT2D eigenvalue weighted by atomic mass is 79.9. The summed E-state index contributed by atoms with van der Waals surface area (Å²) in [5.41, 5.74) is 1.45. The number of nitrogens with one attached hydrogen (secondary N) is 1. The van der Waals surface area contributed by atoms with Crippen molar-refractivity contribution in [1.82, 2.24) is 4.98 Å². The molecule has 3 rings (SSSR count). The quantitative estimate of drug-likeness (QED) is 0.769. The Morgan fingerprint density at radius 2 is 2.28 bits per heavy atom. The highest BCUT2D eigenvalue weighted by molar-refractivity contribution is 9.11. The summed E-state index contributed by atoms with van der Waals surface area (Å²) >= 11 is 8.84. The maximum atomic E-state index is 4.43. The minimum absolute atomic E-state index is 0.393. The Bertz CT molecular complexity index is 568. The van der Waals surface area contributed by atoms with Crippen molar-refractivity contribution in [2.24, 2.45) is 0 Å². The zero-order chi connectivity index (χ0) is 12.5. The summed E-state index contributed by atoms with van der Waals surface area (Å²) in [7, 11) is 0. The van der Waals surface area contributed by atoms with Crippen LogP contribution in [0.5, 0.6) is 0 Å². The first-order valence-corrected chi connectivity index (χ1v) is 8.34. The van der Waals surface area contributed by atoms with Crippen molar-refractivity contribution in [3.8, 4) is 0 Å². The number of pyridine rings is 1. The van der Waals surface area contributed by atoms with Crippen LogP contribution in [0.4, 0.5) is 5.82 Å². The maximum absolute atomic E-state index is 4.43. The Hall–Kier alpha value is -0.390. The molecule has 0 aliphatic heterocycles. The van der Waals surface area contributed by atoms with E-state index in [4.69, 9.17) is 0 Å².